The van der Waals surface area contributed by atoms with Crippen molar-refractivity contribution in [3.63, 3.8) is 0 Å². The van der Waals surface area contributed by atoms with Gasteiger partial charge in [0.25, 0.3) is 5.91 Å². The Morgan fingerprint density at radius 1 is 1.14 bits per heavy atom. The van der Waals surface area contributed by atoms with E-state index in [0.29, 0.717) is 16.8 Å². The van der Waals surface area contributed by atoms with E-state index in [2.05, 4.69) is 10.3 Å². The van der Waals surface area contributed by atoms with E-state index in [4.69, 9.17) is 11.6 Å². The molecule has 2 aromatic carbocycles. The molecule has 0 aliphatic heterocycles. The fourth-order valence-electron chi connectivity index (χ4n) is 2.11. The number of carbonyl (C=O) groups is 1. The smallest absolute Gasteiger partial charge is 0.257 e. The Balaban J connectivity index is 1.97. The zero-order chi connectivity index (χ0) is 14.8. The molecule has 0 unspecified atom stereocenters. The van der Waals surface area contributed by atoms with Crippen molar-refractivity contribution in [1.29, 1.82) is 0 Å². The van der Waals surface area contributed by atoms with Crippen LogP contribution in [-0.2, 0) is 0 Å². The molecule has 3 aromatic rings. The number of amides is 1. The lowest BCUT2D eigenvalue weighted by Gasteiger charge is -2.08. The summed E-state index contributed by atoms with van der Waals surface area (Å²) < 4.78 is 13.3. The van der Waals surface area contributed by atoms with Crippen molar-refractivity contribution in [1.82, 2.24) is 4.98 Å². The molecule has 0 spiro atoms. The predicted octanol–water partition coefficient (Wildman–Crippen LogP) is 4.28. The van der Waals surface area contributed by atoms with E-state index in [1.165, 1.54) is 18.2 Å². The fraction of sp³-hybridized carbons (Fsp3) is 0. The Labute approximate surface area is 125 Å². The normalized spacial score (nSPS) is 10.6. The van der Waals surface area contributed by atoms with Crippen molar-refractivity contribution in [3.05, 3.63) is 71.1 Å². The van der Waals surface area contributed by atoms with Crippen molar-refractivity contribution >= 4 is 34.1 Å². The second kappa shape index (κ2) is 5.50. The molecule has 0 aliphatic rings. The Morgan fingerprint density at radius 2 is 1.95 bits per heavy atom. The maximum absolute atomic E-state index is 13.3. The lowest BCUT2D eigenvalue weighted by molar-refractivity contribution is 0.102. The van der Waals surface area contributed by atoms with Crippen LogP contribution in [0.4, 0.5) is 10.1 Å². The summed E-state index contributed by atoms with van der Waals surface area (Å²) in [5.74, 6) is -0.866. The predicted molar refractivity (Wildman–Crippen MR) is 81.1 cm³/mol. The molecule has 3 rings (SSSR count). The third kappa shape index (κ3) is 2.85. The number of hydrogen-bond donors (Lipinski definition) is 1. The monoisotopic (exact) mass is 300 g/mol. The number of nitrogens with zero attached hydrogens (tertiary/aromatic N) is 1. The van der Waals surface area contributed by atoms with Crippen LogP contribution in [0.15, 0.2) is 54.7 Å². The van der Waals surface area contributed by atoms with Crippen LogP contribution in [0.3, 0.4) is 0 Å². The number of pyridine rings is 1. The standard InChI is InChI=1S/C16H10ClFN2O/c17-11-7-12(18)9-13(8-11)20-16(21)14-5-1-3-10-4-2-6-19-15(10)14/h1-9H,(H,20,21). The van der Waals surface area contributed by atoms with Crippen LogP contribution in [0.5, 0.6) is 0 Å². The highest BCUT2D eigenvalue weighted by molar-refractivity contribution is 6.31. The van der Waals surface area contributed by atoms with E-state index in [1.807, 2.05) is 12.1 Å². The number of fused-ring (bicyclic) bond motifs is 1. The Kier molecular flexibility index (Phi) is 3.54. The molecule has 1 heterocycles. The van der Waals surface area contributed by atoms with Crippen LogP contribution >= 0.6 is 11.6 Å². The van der Waals surface area contributed by atoms with Crippen LogP contribution in [0.2, 0.25) is 5.02 Å². The maximum Gasteiger partial charge on any atom is 0.257 e. The van der Waals surface area contributed by atoms with Gasteiger partial charge in [-0.1, -0.05) is 29.8 Å². The van der Waals surface area contributed by atoms with Crippen molar-refractivity contribution in [2.24, 2.45) is 0 Å². The Morgan fingerprint density at radius 3 is 2.76 bits per heavy atom. The van der Waals surface area contributed by atoms with Crippen LogP contribution in [-0.4, -0.2) is 10.9 Å². The minimum atomic E-state index is -0.506. The molecule has 1 N–H and O–H groups in total. The van der Waals surface area contributed by atoms with E-state index >= 15 is 0 Å². The van der Waals surface area contributed by atoms with Gasteiger partial charge in [0.1, 0.15) is 5.82 Å². The molecular formula is C16H10ClFN2O. The SMILES string of the molecule is O=C(Nc1cc(F)cc(Cl)c1)c1cccc2cccnc12. The fourth-order valence-corrected chi connectivity index (χ4v) is 2.33. The first-order chi connectivity index (χ1) is 10.1. The number of anilines is 1. The number of carbonyl (C=O) groups excluding carboxylic acids is 1. The molecule has 1 amide bonds. The van der Waals surface area contributed by atoms with E-state index in [-0.39, 0.29) is 10.9 Å². The van der Waals surface area contributed by atoms with E-state index in [0.717, 1.165) is 5.39 Å². The number of hydrogen-bond acceptors (Lipinski definition) is 2. The van der Waals surface area contributed by atoms with Crippen molar-refractivity contribution in [3.8, 4) is 0 Å². The molecule has 0 saturated heterocycles. The molecule has 5 heteroatoms. The summed E-state index contributed by atoms with van der Waals surface area (Å²) in [5, 5.41) is 3.72. The quantitative estimate of drug-likeness (QED) is 0.767. The first-order valence-electron chi connectivity index (χ1n) is 6.25. The third-order valence-electron chi connectivity index (χ3n) is 3.00. The third-order valence-corrected chi connectivity index (χ3v) is 3.22. The lowest BCUT2D eigenvalue weighted by Crippen LogP contribution is -2.13. The van der Waals surface area contributed by atoms with Gasteiger partial charge in [0, 0.05) is 22.3 Å². The molecular weight excluding hydrogens is 291 g/mol. The zero-order valence-electron chi connectivity index (χ0n) is 10.8. The Bertz CT molecular complexity index is 810. The van der Waals surface area contributed by atoms with Crippen molar-refractivity contribution in [2.45, 2.75) is 0 Å². The largest absolute Gasteiger partial charge is 0.322 e. The Hall–Kier alpha value is -2.46. The van der Waals surface area contributed by atoms with Gasteiger partial charge in [0.15, 0.2) is 0 Å². The highest BCUT2D eigenvalue weighted by atomic mass is 35.5. The topological polar surface area (TPSA) is 42.0 Å². The number of nitrogens with one attached hydrogen (secondary N) is 1. The van der Waals surface area contributed by atoms with Gasteiger partial charge < -0.3 is 5.32 Å². The molecule has 0 fully saturated rings. The van der Waals surface area contributed by atoms with Gasteiger partial charge >= 0.3 is 0 Å². The summed E-state index contributed by atoms with van der Waals surface area (Å²) in [5.41, 5.74) is 1.33. The summed E-state index contributed by atoms with van der Waals surface area (Å²) in [6.07, 6.45) is 1.62. The van der Waals surface area contributed by atoms with Crippen LogP contribution < -0.4 is 5.32 Å². The molecule has 0 aliphatic carbocycles. The summed E-state index contributed by atoms with van der Waals surface area (Å²) in [4.78, 5) is 16.6. The highest BCUT2D eigenvalue weighted by Gasteiger charge is 2.11. The summed E-state index contributed by atoms with van der Waals surface area (Å²) in [7, 11) is 0. The van der Waals surface area contributed by atoms with Gasteiger partial charge in [-0.3, -0.25) is 9.78 Å². The zero-order valence-corrected chi connectivity index (χ0v) is 11.6. The van der Waals surface area contributed by atoms with Crippen molar-refractivity contribution < 1.29 is 9.18 Å². The molecule has 0 bridgehead atoms. The van der Waals surface area contributed by atoms with Gasteiger partial charge in [-0.05, 0) is 30.3 Å². The van der Waals surface area contributed by atoms with E-state index in [9.17, 15) is 9.18 Å². The van der Waals surface area contributed by atoms with Gasteiger partial charge in [-0.15, -0.1) is 0 Å². The molecule has 3 nitrogen and oxygen atoms in total. The first kappa shape index (κ1) is 13.5. The minimum Gasteiger partial charge on any atom is -0.322 e. The van der Waals surface area contributed by atoms with Gasteiger partial charge in [0.05, 0.1) is 11.1 Å². The van der Waals surface area contributed by atoms with Crippen LogP contribution in [0.1, 0.15) is 10.4 Å². The minimum absolute atomic E-state index is 0.223. The second-order valence-electron chi connectivity index (χ2n) is 4.49. The maximum atomic E-state index is 13.3. The average molecular weight is 301 g/mol. The van der Waals surface area contributed by atoms with Crippen LogP contribution in [0.25, 0.3) is 10.9 Å². The molecule has 104 valence electrons. The second-order valence-corrected chi connectivity index (χ2v) is 4.93. The van der Waals surface area contributed by atoms with Gasteiger partial charge in [-0.2, -0.15) is 0 Å². The first-order valence-corrected chi connectivity index (χ1v) is 6.62. The average Bonchev–Trinajstić information content (AvgIpc) is 2.45. The molecule has 0 saturated carbocycles. The molecule has 21 heavy (non-hydrogen) atoms. The number of halogens is 2. The summed E-state index contributed by atoms with van der Waals surface area (Å²) in [6.45, 7) is 0. The molecule has 1 aromatic heterocycles. The summed E-state index contributed by atoms with van der Waals surface area (Å²) in [6, 6.07) is 12.9. The van der Waals surface area contributed by atoms with Crippen LogP contribution in [0, 0.1) is 5.82 Å². The molecule has 0 radical (unpaired) electrons. The number of benzene rings is 2. The lowest BCUT2D eigenvalue weighted by atomic mass is 10.1. The number of aromatic nitrogens is 1. The number of rotatable bonds is 2. The van der Waals surface area contributed by atoms with E-state index < -0.39 is 5.82 Å². The highest BCUT2D eigenvalue weighted by Crippen LogP contribution is 2.21. The van der Waals surface area contributed by atoms with Gasteiger partial charge in [-0.25, -0.2) is 4.39 Å². The van der Waals surface area contributed by atoms with Gasteiger partial charge in [0.2, 0.25) is 0 Å². The summed E-state index contributed by atoms with van der Waals surface area (Å²) >= 11 is 5.77. The molecule has 0 atom stereocenters. The van der Waals surface area contributed by atoms with Crippen molar-refractivity contribution in [2.75, 3.05) is 5.32 Å². The van der Waals surface area contributed by atoms with E-state index in [1.54, 1.807) is 24.4 Å². The number of para-hydroxylation sites is 1.